The van der Waals surface area contributed by atoms with Gasteiger partial charge in [-0.25, -0.2) is 4.79 Å². The molecule has 0 N–H and O–H groups in total. The number of ketones is 1. The van der Waals surface area contributed by atoms with Crippen molar-refractivity contribution < 1.29 is 14.3 Å². The molecule has 1 amide bonds. The van der Waals surface area contributed by atoms with E-state index in [0.717, 1.165) is 11.1 Å². The van der Waals surface area contributed by atoms with Crippen LogP contribution >= 0.6 is 34.8 Å². The van der Waals surface area contributed by atoms with Crippen LogP contribution in [-0.2, 0) is 16.0 Å². The van der Waals surface area contributed by atoms with Gasteiger partial charge in [-0.05, 0) is 30.5 Å². The number of amides is 1. The van der Waals surface area contributed by atoms with Crippen molar-refractivity contribution in [2.24, 2.45) is 0 Å². The maximum atomic E-state index is 12.9. The molecule has 4 nitrogen and oxygen atoms in total. The zero-order chi connectivity index (χ0) is 22.3. The van der Waals surface area contributed by atoms with Gasteiger partial charge in [-0.3, -0.25) is 9.69 Å². The number of hydrogen-bond donors (Lipinski definition) is 0. The number of alkyl halides is 3. The fourth-order valence-electron chi connectivity index (χ4n) is 3.54. The van der Waals surface area contributed by atoms with Crippen LogP contribution < -0.4 is 0 Å². The predicted molar refractivity (Wildman–Crippen MR) is 123 cm³/mol. The fourth-order valence-corrected chi connectivity index (χ4v) is 3.70. The normalized spacial score (nSPS) is 18.8. The average molecular weight is 479 g/mol. The second-order valence-electron chi connectivity index (χ2n) is 7.35. The summed E-state index contributed by atoms with van der Waals surface area (Å²) in [5.74, 6) is 6.20. The number of rotatable bonds is 4. The van der Waals surface area contributed by atoms with Crippen molar-refractivity contribution in [1.82, 2.24) is 4.90 Å². The molecule has 0 radical (unpaired) electrons. The predicted octanol–water partition coefficient (Wildman–Crippen LogP) is 5.58. The Morgan fingerprint density at radius 1 is 1.03 bits per heavy atom. The number of aryl methyl sites for hydroxylation is 1. The second kappa shape index (κ2) is 10.9. The first-order valence-corrected chi connectivity index (χ1v) is 11.1. The van der Waals surface area contributed by atoms with Gasteiger partial charge < -0.3 is 4.74 Å². The van der Waals surface area contributed by atoms with Crippen molar-refractivity contribution >= 4 is 46.7 Å². The van der Waals surface area contributed by atoms with Crippen LogP contribution in [0.2, 0.25) is 0 Å². The topological polar surface area (TPSA) is 46.6 Å². The summed E-state index contributed by atoms with van der Waals surface area (Å²) in [5, 5.41) is 0. The Kier molecular flexibility index (Phi) is 8.26. The zero-order valence-corrected chi connectivity index (χ0v) is 19.0. The van der Waals surface area contributed by atoms with Crippen LogP contribution in [0.5, 0.6) is 0 Å². The Bertz CT molecular complexity index is 949. The third-order valence-corrected chi connectivity index (χ3v) is 5.28. The number of carbonyl (C=O) groups excluding carboxylic acids is 2. The van der Waals surface area contributed by atoms with Gasteiger partial charge in [0.1, 0.15) is 18.4 Å². The first kappa shape index (κ1) is 23.5. The lowest BCUT2D eigenvalue weighted by atomic mass is 9.91. The van der Waals surface area contributed by atoms with Gasteiger partial charge in [0.15, 0.2) is 0 Å². The number of ether oxygens (including phenoxy) is 1. The van der Waals surface area contributed by atoms with Crippen molar-refractivity contribution in [3.63, 3.8) is 0 Å². The minimum atomic E-state index is -1.72. The molecule has 1 saturated heterocycles. The molecular formula is C24H22Cl3NO3. The van der Waals surface area contributed by atoms with Gasteiger partial charge in [-0.1, -0.05) is 95.2 Å². The van der Waals surface area contributed by atoms with Gasteiger partial charge in [0, 0.05) is 24.4 Å². The molecule has 7 heteroatoms. The summed E-state index contributed by atoms with van der Waals surface area (Å²) in [6.07, 6.45) is 1.07. The molecule has 1 fully saturated rings. The monoisotopic (exact) mass is 477 g/mol. The molecule has 0 bridgehead atoms. The highest BCUT2D eigenvalue weighted by molar-refractivity contribution is 6.67. The van der Waals surface area contributed by atoms with E-state index in [-0.39, 0.29) is 31.3 Å². The summed E-state index contributed by atoms with van der Waals surface area (Å²) in [6, 6.07) is 18.4. The van der Waals surface area contributed by atoms with E-state index in [1.165, 1.54) is 4.90 Å². The van der Waals surface area contributed by atoms with Crippen molar-refractivity contribution in [2.75, 3.05) is 6.61 Å². The molecule has 2 aromatic carbocycles. The van der Waals surface area contributed by atoms with Crippen molar-refractivity contribution in [2.45, 2.75) is 41.6 Å². The molecule has 1 aliphatic heterocycles. The summed E-state index contributed by atoms with van der Waals surface area (Å²) < 4.78 is 3.54. The highest BCUT2D eigenvalue weighted by atomic mass is 35.6. The van der Waals surface area contributed by atoms with E-state index in [1.54, 1.807) is 0 Å². The minimum Gasteiger partial charge on any atom is -0.445 e. The van der Waals surface area contributed by atoms with E-state index in [2.05, 4.69) is 11.8 Å². The van der Waals surface area contributed by atoms with E-state index < -0.39 is 15.9 Å². The minimum absolute atomic E-state index is 0.0656. The van der Waals surface area contributed by atoms with E-state index >= 15 is 0 Å². The molecule has 0 saturated carbocycles. The van der Waals surface area contributed by atoms with Crippen LogP contribution in [-0.4, -0.2) is 39.3 Å². The lowest BCUT2D eigenvalue weighted by Gasteiger charge is -2.38. The standard InChI is InChI=1S/C24H22Cl3NO3/c25-24(26,27)17-31-23(30)28-20(13-11-18-7-3-1-4-8-18)15-22(29)16-21(28)14-12-19-9-5-2-6-10-19/h1-10,20-21H,11,13,15-17H2/t20-,21-/m0/s1. The van der Waals surface area contributed by atoms with Crippen LogP contribution in [0, 0.1) is 11.8 Å². The average Bonchev–Trinajstić information content (AvgIpc) is 2.75. The van der Waals surface area contributed by atoms with E-state index in [1.807, 2.05) is 60.7 Å². The van der Waals surface area contributed by atoms with Crippen LogP contribution in [0.4, 0.5) is 4.79 Å². The summed E-state index contributed by atoms with van der Waals surface area (Å²) in [4.78, 5) is 27.0. The SMILES string of the molecule is O=C1C[C@H](CCc2ccccc2)N(C(=O)OCC(Cl)(Cl)Cl)[C@@H](C#Cc2ccccc2)C1. The van der Waals surface area contributed by atoms with Crippen LogP contribution in [0.3, 0.4) is 0 Å². The summed E-state index contributed by atoms with van der Waals surface area (Å²) in [5.41, 5.74) is 1.93. The molecule has 0 aliphatic carbocycles. The third kappa shape index (κ3) is 7.47. The summed E-state index contributed by atoms with van der Waals surface area (Å²) >= 11 is 17.2. The summed E-state index contributed by atoms with van der Waals surface area (Å²) in [6.45, 7) is -0.384. The van der Waals surface area contributed by atoms with Crippen molar-refractivity contribution in [1.29, 1.82) is 0 Å². The Balaban J connectivity index is 1.82. The Labute approximate surface area is 197 Å². The maximum absolute atomic E-state index is 12.9. The lowest BCUT2D eigenvalue weighted by molar-refractivity contribution is -0.123. The third-order valence-electron chi connectivity index (χ3n) is 4.95. The summed E-state index contributed by atoms with van der Waals surface area (Å²) in [7, 11) is 0. The number of piperidine rings is 1. The number of halogens is 3. The van der Waals surface area contributed by atoms with Crippen LogP contribution in [0.15, 0.2) is 60.7 Å². The molecule has 31 heavy (non-hydrogen) atoms. The zero-order valence-electron chi connectivity index (χ0n) is 16.8. The number of likely N-dealkylation sites (tertiary alicyclic amines) is 1. The molecule has 1 heterocycles. The Hall–Kier alpha value is -2.19. The van der Waals surface area contributed by atoms with Gasteiger partial charge in [-0.2, -0.15) is 0 Å². The van der Waals surface area contributed by atoms with Gasteiger partial charge in [0.2, 0.25) is 3.79 Å². The molecule has 0 aromatic heterocycles. The highest BCUT2D eigenvalue weighted by Crippen LogP contribution is 2.29. The Morgan fingerprint density at radius 2 is 1.68 bits per heavy atom. The number of Topliss-reactive ketones (excluding diaryl/α,β-unsaturated/α-hetero) is 1. The van der Waals surface area contributed by atoms with E-state index in [4.69, 9.17) is 39.5 Å². The van der Waals surface area contributed by atoms with Crippen LogP contribution in [0.1, 0.15) is 30.4 Å². The van der Waals surface area contributed by atoms with Gasteiger partial charge in [0.05, 0.1) is 0 Å². The molecular weight excluding hydrogens is 457 g/mol. The van der Waals surface area contributed by atoms with Gasteiger partial charge in [-0.15, -0.1) is 0 Å². The maximum Gasteiger partial charge on any atom is 0.411 e. The number of nitrogens with zero attached hydrogens (tertiary/aromatic N) is 1. The van der Waals surface area contributed by atoms with Crippen LogP contribution in [0.25, 0.3) is 0 Å². The molecule has 162 valence electrons. The lowest BCUT2D eigenvalue weighted by Crippen LogP contribution is -2.52. The van der Waals surface area contributed by atoms with Crippen molar-refractivity contribution in [3.05, 3.63) is 71.8 Å². The number of carbonyl (C=O) groups is 2. The molecule has 1 aliphatic rings. The number of hydrogen-bond acceptors (Lipinski definition) is 3. The van der Waals surface area contributed by atoms with Gasteiger partial charge >= 0.3 is 6.09 Å². The smallest absolute Gasteiger partial charge is 0.411 e. The molecule has 3 rings (SSSR count). The molecule has 2 aromatic rings. The first-order valence-electron chi connectivity index (χ1n) is 9.96. The van der Waals surface area contributed by atoms with Gasteiger partial charge in [0.25, 0.3) is 0 Å². The Morgan fingerprint density at radius 3 is 2.32 bits per heavy atom. The van der Waals surface area contributed by atoms with E-state index in [0.29, 0.717) is 12.8 Å². The molecule has 2 atom stereocenters. The molecule has 0 unspecified atom stereocenters. The fraction of sp³-hybridized carbons (Fsp3) is 0.333. The molecule has 0 spiro atoms. The van der Waals surface area contributed by atoms with Crippen molar-refractivity contribution in [3.8, 4) is 11.8 Å². The highest BCUT2D eigenvalue weighted by Gasteiger charge is 2.38. The second-order valence-corrected chi connectivity index (χ2v) is 9.87. The van der Waals surface area contributed by atoms with E-state index in [9.17, 15) is 9.59 Å². The quantitative estimate of drug-likeness (QED) is 0.426. The number of benzene rings is 2. The largest absolute Gasteiger partial charge is 0.445 e. The first-order chi connectivity index (χ1) is 14.8.